The Kier molecular flexibility index (Phi) is 4.86. The van der Waals surface area contributed by atoms with E-state index in [9.17, 15) is 10.1 Å². The Morgan fingerprint density at radius 3 is 2.60 bits per heavy atom. The Labute approximate surface area is 134 Å². The number of halogens is 3. The molecule has 0 spiro atoms. The van der Waals surface area contributed by atoms with Crippen LogP contribution in [0.2, 0.25) is 10.0 Å². The number of non-ortho nitro benzene ring substituents is 1. The van der Waals surface area contributed by atoms with E-state index in [1.165, 1.54) is 12.1 Å². The molecule has 0 aliphatic heterocycles. The number of rotatable bonds is 4. The summed E-state index contributed by atoms with van der Waals surface area (Å²) in [7, 11) is 0. The summed E-state index contributed by atoms with van der Waals surface area (Å²) in [5.74, 6) is 0. The van der Waals surface area contributed by atoms with E-state index in [0.717, 1.165) is 15.7 Å². The van der Waals surface area contributed by atoms with Crippen LogP contribution < -0.4 is 5.32 Å². The van der Waals surface area contributed by atoms with E-state index in [4.69, 9.17) is 23.2 Å². The maximum atomic E-state index is 10.6. The Balaban J connectivity index is 2.15. The van der Waals surface area contributed by atoms with Crippen molar-refractivity contribution < 1.29 is 4.92 Å². The van der Waals surface area contributed by atoms with Crippen molar-refractivity contribution >= 4 is 50.5 Å². The van der Waals surface area contributed by atoms with Crippen LogP contribution in [0.4, 0.5) is 11.4 Å². The minimum atomic E-state index is -0.476. The van der Waals surface area contributed by atoms with Crippen LogP contribution in [-0.4, -0.2) is 4.92 Å². The summed E-state index contributed by atoms with van der Waals surface area (Å²) in [6.45, 7) is 0.440. The average molecular weight is 376 g/mol. The molecule has 0 heterocycles. The zero-order valence-corrected chi connectivity index (χ0v) is 13.2. The number of benzene rings is 2. The first-order chi connectivity index (χ1) is 9.47. The molecule has 0 fully saturated rings. The molecule has 2 rings (SSSR count). The summed E-state index contributed by atoms with van der Waals surface area (Å²) >= 11 is 15.4. The number of nitro groups is 1. The highest BCUT2D eigenvalue weighted by Crippen LogP contribution is 2.28. The predicted molar refractivity (Wildman–Crippen MR) is 84.6 cm³/mol. The fraction of sp³-hybridized carbons (Fsp3) is 0.0769. The molecule has 0 saturated heterocycles. The zero-order chi connectivity index (χ0) is 14.7. The van der Waals surface area contributed by atoms with E-state index in [0.29, 0.717) is 16.6 Å². The van der Waals surface area contributed by atoms with Gasteiger partial charge in [0, 0.05) is 28.2 Å². The van der Waals surface area contributed by atoms with Crippen LogP contribution in [0.15, 0.2) is 40.9 Å². The maximum Gasteiger partial charge on any atom is 0.270 e. The Morgan fingerprint density at radius 2 is 1.95 bits per heavy atom. The first-order valence-corrected chi connectivity index (χ1v) is 7.14. The van der Waals surface area contributed by atoms with Crippen molar-refractivity contribution in [1.29, 1.82) is 0 Å². The smallest absolute Gasteiger partial charge is 0.270 e. The SMILES string of the molecule is O=[N+]([O-])c1ccc(CNc2cc(Cl)ccc2Br)c(Cl)c1. The van der Waals surface area contributed by atoms with Gasteiger partial charge in [-0.1, -0.05) is 23.2 Å². The average Bonchev–Trinajstić information content (AvgIpc) is 2.40. The lowest BCUT2D eigenvalue weighted by Crippen LogP contribution is -2.01. The lowest BCUT2D eigenvalue weighted by molar-refractivity contribution is -0.384. The highest BCUT2D eigenvalue weighted by Gasteiger charge is 2.09. The summed E-state index contributed by atoms with van der Waals surface area (Å²) < 4.78 is 0.875. The topological polar surface area (TPSA) is 55.2 Å². The van der Waals surface area contributed by atoms with Crippen molar-refractivity contribution in [2.45, 2.75) is 6.54 Å². The maximum absolute atomic E-state index is 10.6. The van der Waals surface area contributed by atoms with Crippen molar-refractivity contribution in [3.05, 3.63) is 66.6 Å². The second-order valence-corrected chi connectivity index (χ2v) is 5.71. The van der Waals surface area contributed by atoms with Crippen molar-refractivity contribution in [3.63, 3.8) is 0 Å². The minimum Gasteiger partial charge on any atom is -0.380 e. The molecule has 0 radical (unpaired) electrons. The van der Waals surface area contributed by atoms with Crippen LogP contribution in [0.1, 0.15) is 5.56 Å². The first kappa shape index (κ1) is 15.1. The first-order valence-electron chi connectivity index (χ1n) is 5.59. The molecule has 0 aliphatic carbocycles. The summed E-state index contributed by atoms with van der Waals surface area (Å²) in [4.78, 5) is 10.2. The van der Waals surface area contributed by atoms with Gasteiger partial charge in [0.1, 0.15) is 0 Å². The fourth-order valence-electron chi connectivity index (χ4n) is 1.62. The monoisotopic (exact) mass is 374 g/mol. The van der Waals surface area contributed by atoms with Gasteiger partial charge in [-0.25, -0.2) is 0 Å². The number of nitrogens with zero attached hydrogens (tertiary/aromatic N) is 1. The molecule has 0 saturated carbocycles. The number of nitrogens with one attached hydrogen (secondary N) is 1. The number of hydrogen-bond acceptors (Lipinski definition) is 3. The van der Waals surface area contributed by atoms with Gasteiger partial charge in [-0.2, -0.15) is 0 Å². The number of anilines is 1. The molecule has 0 aliphatic rings. The molecule has 2 aromatic carbocycles. The summed E-state index contributed by atoms with van der Waals surface area (Å²) in [5.41, 5.74) is 1.57. The van der Waals surface area contributed by atoms with Gasteiger partial charge >= 0.3 is 0 Å². The Hall–Kier alpha value is -1.30. The van der Waals surface area contributed by atoms with Gasteiger partial charge in [0.2, 0.25) is 0 Å². The third kappa shape index (κ3) is 3.62. The largest absolute Gasteiger partial charge is 0.380 e. The van der Waals surface area contributed by atoms with Gasteiger partial charge < -0.3 is 5.32 Å². The van der Waals surface area contributed by atoms with Crippen molar-refractivity contribution in [2.75, 3.05) is 5.32 Å². The lowest BCUT2D eigenvalue weighted by atomic mass is 10.2. The van der Waals surface area contributed by atoms with Crippen LogP contribution in [0, 0.1) is 10.1 Å². The Morgan fingerprint density at radius 1 is 1.20 bits per heavy atom. The Bertz CT molecular complexity index is 665. The van der Waals surface area contributed by atoms with E-state index in [2.05, 4.69) is 21.2 Å². The van der Waals surface area contributed by atoms with Crippen LogP contribution in [-0.2, 0) is 6.54 Å². The summed E-state index contributed by atoms with van der Waals surface area (Å²) in [5, 5.41) is 14.8. The summed E-state index contributed by atoms with van der Waals surface area (Å²) in [6, 6.07) is 9.79. The molecule has 1 N–H and O–H groups in total. The van der Waals surface area contributed by atoms with E-state index < -0.39 is 4.92 Å². The molecule has 2 aromatic rings. The minimum absolute atomic E-state index is 0.0253. The molecule has 104 valence electrons. The van der Waals surface area contributed by atoms with Gasteiger partial charge in [0.15, 0.2) is 0 Å². The van der Waals surface area contributed by atoms with E-state index in [1.54, 1.807) is 18.2 Å². The van der Waals surface area contributed by atoms with Gasteiger partial charge in [-0.05, 0) is 45.8 Å². The molecule has 0 unspecified atom stereocenters. The highest BCUT2D eigenvalue weighted by atomic mass is 79.9. The van der Waals surface area contributed by atoms with Gasteiger partial charge in [-0.15, -0.1) is 0 Å². The standard InChI is InChI=1S/C13H9BrCl2N2O2/c14-11-4-2-9(15)5-13(11)17-7-8-1-3-10(18(19)20)6-12(8)16/h1-6,17H,7H2. The van der Waals surface area contributed by atoms with E-state index >= 15 is 0 Å². The van der Waals surface area contributed by atoms with Crippen LogP contribution >= 0.6 is 39.1 Å². The molecule has 0 bridgehead atoms. The molecular weight excluding hydrogens is 367 g/mol. The van der Waals surface area contributed by atoms with Gasteiger partial charge in [0.25, 0.3) is 5.69 Å². The lowest BCUT2D eigenvalue weighted by Gasteiger charge is -2.10. The summed E-state index contributed by atoms with van der Waals surface area (Å²) in [6.07, 6.45) is 0. The van der Waals surface area contributed by atoms with Crippen molar-refractivity contribution in [1.82, 2.24) is 0 Å². The van der Waals surface area contributed by atoms with Crippen LogP contribution in [0.3, 0.4) is 0 Å². The van der Waals surface area contributed by atoms with Gasteiger partial charge in [-0.3, -0.25) is 10.1 Å². The second-order valence-electron chi connectivity index (χ2n) is 4.01. The molecule has 20 heavy (non-hydrogen) atoms. The van der Waals surface area contributed by atoms with E-state index in [1.807, 2.05) is 6.07 Å². The third-order valence-electron chi connectivity index (χ3n) is 2.65. The zero-order valence-electron chi connectivity index (χ0n) is 10.1. The number of nitro benzene ring substituents is 1. The highest BCUT2D eigenvalue weighted by molar-refractivity contribution is 9.10. The molecule has 7 heteroatoms. The predicted octanol–water partition coefficient (Wildman–Crippen LogP) is 5.28. The van der Waals surface area contributed by atoms with Crippen LogP contribution in [0.5, 0.6) is 0 Å². The second kappa shape index (κ2) is 6.43. The molecule has 4 nitrogen and oxygen atoms in total. The quantitative estimate of drug-likeness (QED) is 0.584. The van der Waals surface area contributed by atoms with Crippen molar-refractivity contribution in [2.24, 2.45) is 0 Å². The normalized spacial score (nSPS) is 10.3. The molecule has 0 amide bonds. The molecule has 0 aromatic heterocycles. The number of hydrogen-bond donors (Lipinski definition) is 1. The van der Waals surface area contributed by atoms with Crippen LogP contribution in [0.25, 0.3) is 0 Å². The van der Waals surface area contributed by atoms with E-state index in [-0.39, 0.29) is 5.69 Å². The third-order valence-corrected chi connectivity index (χ3v) is 3.92. The van der Waals surface area contributed by atoms with Gasteiger partial charge in [0.05, 0.1) is 15.6 Å². The molecular formula is C13H9BrCl2N2O2. The fourth-order valence-corrected chi connectivity index (χ4v) is 2.42. The molecule has 0 atom stereocenters. The van der Waals surface area contributed by atoms with Crippen molar-refractivity contribution in [3.8, 4) is 0 Å².